The summed E-state index contributed by atoms with van der Waals surface area (Å²) in [5.74, 6) is -1.74. The normalized spacial score (nSPS) is 13.7. The van der Waals surface area contributed by atoms with Crippen molar-refractivity contribution >= 4 is 0 Å². The Balaban J connectivity index is 2.41. The molecule has 0 aliphatic heterocycles. The summed E-state index contributed by atoms with van der Waals surface area (Å²) in [6.07, 6.45) is 0.928. The maximum absolute atomic E-state index is 13.0. The quantitative estimate of drug-likeness (QED) is 0.820. The molecule has 1 aromatic carbocycles. The van der Waals surface area contributed by atoms with Gasteiger partial charge < -0.3 is 10.5 Å². The third kappa shape index (κ3) is 5.10. The van der Waals surface area contributed by atoms with Crippen LogP contribution in [-0.4, -0.2) is 13.2 Å². The molecule has 0 fully saturated rings. The number of nitrogens with two attached hydrogens (primary N) is 1. The van der Waals surface area contributed by atoms with Crippen LogP contribution in [-0.2, 0) is 4.74 Å². The third-order valence-corrected chi connectivity index (χ3v) is 2.67. The van der Waals surface area contributed by atoms with Crippen molar-refractivity contribution in [3.63, 3.8) is 0 Å². The number of halogens is 2. The average molecular weight is 257 g/mol. The highest BCUT2D eigenvalue weighted by molar-refractivity contribution is 5.20. The van der Waals surface area contributed by atoms with Gasteiger partial charge in [-0.25, -0.2) is 8.78 Å². The standard InChI is InChI=1S/C14H21F2NO/c1-14(2,3)6-7-18-9-13(17)10-4-5-11(15)12(16)8-10/h4-5,8,13H,6-7,9,17H2,1-3H3. The van der Waals surface area contributed by atoms with Crippen LogP contribution in [0.1, 0.15) is 38.8 Å². The van der Waals surface area contributed by atoms with E-state index in [9.17, 15) is 8.78 Å². The van der Waals surface area contributed by atoms with Crippen molar-refractivity contribution in [1.29, 1.82) is 0 Å². The first-order valence-corrected chi connectivity index (χ1v) is 6.08. The monoisotopic (exact) mass is 257 g/mol. The molecule has 0 bridgehead atoms. The lowest BCUT2D eigenvalue weighted by Gasteiger charge is -2.19. The maximum Gasteiger partial charge on any atom is 0.159 e. The molecule has 2 nitrogen and oxygen atoms in total. The number of ether oxygens (including phenoxy) is 1. The minimum Gasteiger partial charge on any atom is -0.379 e. The summed E-state index contributed by atoms with van der Waals surface area (Å²) in [7, 11) is 0. The minimum absolute atomic E-state index is 0.214. The van der Waals surface area contributed by atoms with E-state index in [2.05, 4.69) is 20.8 Å². The fraction of sp³-hybridized carbons (Fsp3) is 0.571. The molecule has 1 atom stereocenters. The number of benzene rings is 1. The van der Waals surface area contributed by atoms with Gasteiger partial charge in [0.2, 0.25) is 0 Å². The predicted octanol–water partition coefficient (Wildman–Crippen LogP) is 3.42. The van der Waals surface area contributed by atoms with Crippen molar-refractivity contribution < 1.29 is 13.5 Å². The number of hydrogen-bond donors (Lipinski definition) is 1. The van der Waals surface area contributed by atoms with E-state index < -0.39 is 17.7 Å². The molecule has 18 heavy (non-hydrogen) atoms. The highest BCUT2D eigenvalue weighted by atomic mass is 19.2. The molecule has 0 aliphatic rings. The topological polar surface area (TPSA) is 35.2 Å². The summed E-state index contributed by atoms with van der Waals surface area (Å²) in [4.78, 5) is 0. The average Bonchev–Trinajstić information content (AvgIpc) is 2.26. The van der Waals surface area contributed by atoms with Crippen LogP contribution in [0.2, 0.25) is 0 Å². The maximum atomic E-state index is 13.0. The van der Waals surface area contributed by atoms with E-state index in [1.54, 1.807) is 0 Å². The van der Waals surface area contributed by atoms with Crippen LogP contribution in [0, 0.1) is 17.0 Å². The van der Waals surface area contributed by atoms with Crippen molar-refractivity contribution in [2.45, 2.75) is 33.2 Å². The van der Waals surface area contributed by atoms with E-state index in [0.717, 1.165) is 18.6 Å². The van der Waals surface area contributed by atoms with Crippen LogP contribution in [0.25, 0.3) is 0 Å². The molecule has 0 heterocycles. The number of hydrogen-bond acceptors (Lipinski definition) is 2. The van der Waals surface area contributed by atoms with Gasteiger partial charge >= 0.3 is 0 Å². The molecule has 4 heteroatoms. The second-order valence-electron chi connectivity index (χ2n) is 5.67. The summed E-state index contributed by atoms with van der Waals surface area (Å²) >= 11 is 0. The third-order valence-electron chi connectivity index (χ3n) is 2.67. The number of rotatable bonds is 5. The molecule has 0 amide bonds. The highest BCUT2D eigenvalue weighted by Crippen LogP contribution is 2.19. The lowest BCUT2D eigenvalue weighted by Crippen LogP contribution is -2.19. The molecule has 102 valence electrons. The largest absolute Gasteiger partial charge is 0.379 e. The second-order valence-corrected chi connectivity index (χ2v) is 5.67. The molecule has 0 spiro atoms. The van der Waals surface area contributed by atoms with Crippen LogP contribution in [0.4, 0.5) is 8.78 Å². The fourth-order valence-electron chi connectivity index (χ4n) is 1.43. The Kier molecular flexibility index (Phi) is 5.23. The van der Waals surface area contributed by atoms with Gasteiger partial charge in [-0.3, -0.25) is 0 Å². The zero-order valence-corrected chi connectivity index (χ0v) is 11.2. The van der Waals surface area contributed by atoms with Crippen molar-refractivity contribution in [2.24, 2.45) is 11.1 Å². The Morgan fingerprint density at radius 1 is 1.22 bits per heavy atom. The molecule has 1 aromatic rings. The molecular weight excluding hydrogens is 236 g/mol. The van der Waals surface area contributed by atoms with Gasteiger partial charge in [-0.15, -0.1) is 0 Å². The molecular formula is C14H21F2NO. The Bertz CT molecular complexity index is 388. The summed E-state index contributed by atoms with van der Waals surface area (Å²) in [6, 6.07) is 3.25. The van der Waals surface area contributed by atoms with Crippen LogP contribution in [0.5, 0.6) is 0 Å². The molecule has 1 rings (SSSR count). The summed E-state index contributed by atoms with van der Waals surface area (Å²) < 4.78 is 31.2. The first-order chi connectivity index (χ1) is 8.29. The first-order valence-electron chi connectivity index (χ1n) is 6.08. The van der Waals surface area contributed by atoms with Gasteiger partial charge in [0.25, 0.3) is 0 Å². The van der Waals surface area contributed by atoms with Gasteiger partial charge in [0.1, 0.15) is 0 Å². The van der Waals surface area contributed by atoms with E-state index in [-0.39, 0.29) is 5.41 Å². The fourth-order valence-corrected chi connectivity index (χ4v) is 1.43. The van der Waals surface area contributed by atoms with Crippen molar-refractivity contribution in [2.75, 3.05) is 13.2 Å². The summed E-state index contributed by atoms with van der Waals surface area (Å²) in [5, 5.41) is 0. The summed E-state index contributed by atoms with van der Waals surface area (Å²) in [6.45, 7) is 7.31. The zero-order valence-electron chi connectivity index (χ0n) is 11.2. The van der Waals surface area contributed by atoms with E-state index in [1.807, 2.05) is 0 Å². The molecule has 2 N–H and O–H groups in total. The van der Waals surface area contributed by atoms with Gasteiger partial charge in [-0.1, -0.05) is 26.8 Å². The van der Waals surface area contributed by atoms with Crippen molar-refractivity contribution in [3.8, 4) is 0 Å². The molecule has 0 aliphatic carbocycles. The Morgan fingerprint density at radius 2 is 1.89 bits per heavy atom. The Morgan fingerprint density at radius 3 is 2.44 bits per heavy atom. The highest BCUT2D eigenvalue weighted by Gasteiger charge is 2.12. The predicted molar refractivity (Wildman–Crippen MR) is 68.2 cm³/mol. The van der Waals surface area contributed by atoms with E-state index in [0.29, 0.717) is 18.8 Å². The lowest BCUT2D eigenvalue weighted by molar-refractivity contribution is 0.0974. The van der Waals surface area contributed by atoms with Gasteiger partial charge in [0, 0.05) is 6.61 Å². The van der Waals surface area contributed by atoms with Crippen LogP contribution in [0.15, 0.2) is 18.2 Å². The zero-order chi connectivity index (χ0) is 13.8. The smallest absolute Gasteiger partial charge is 0.159 e. The molecule has 0 saturated heterocycles. The lowest BCUT2D eigenvalue weighted by atomic mass is 9.93. The van der Waals surface area contributed by atoms with Gasteiger partial charge in [-0.2, -0.15) is 0 Å². The van der Waals surface area contributed by atoms with Gasteiger partial charge in [-0.05, 0) is 29.5 Å². The van der Waals surface area contributed by atoms with Gasteiger partial charge in [0.05, 0.1) is 12.6 Å². The van der Waals surface area contributed by atoms with Crippen LogP contribution < -0.4 is 5.73 Å². The Labute approximate surface area is 107 Å². The Hall–Kier alpha value is -1.00. The molecule has 0 aromatic heterocycles. The molecule has 0 radical (unpaired) electrons. The molecule has 1 unspecified atom stereocenters. The van der Waals surface area contributed by atoms with Crippen LogP contribution in [0.3, 0.4) is 0 Å². The van der Waals surface area contributed by atoms with E-state index >= 15 is 0 Å². The van der Waals surface area contributed by atoms with Crippen LogP contribution >= 0.6 is 0 Å². The minimum atomic E-state index is -0.877. The van der Waals surface area contributed by atoms with E-state index in [1.165, 1.54) is 6.07 Å². The first kappa shape index (κ1) is 15.1. The van der Waals surface area contributed by atoms with E-state index in [4.69, 9.17) is 10.5 Å². The van der Waals surface area contributed by atoms with Crippen molar-refractivity contribution in [3.05, 3.63) is 35.4 Å². The molecule has 0 saturated carbocycles. The summed E-state index contributed by atoms with van der Waals surface area (Å²) in [5.41, 5.74) is 6.61. The van der Waals surface area contributed by atoms with Crippen molar-refractivity contribution in [1.82, 2.24) is 0 Å². The second kappa shape index (κ2) is 6.25. The SMILES string of the molecule is CC(C)(C)CCOCC(N)c1ccc(F)c(F)c1. The van der Waals surface area contributed by atoms with Gasteiger partial charge in [0.15, 0.2) is 11.6 Å².